The van der Waals surface area contributed by atoms with Gasteiger partial charge in [0.25, 0.3) is 0 Å². The molecule has 6 N–H and O–H groups in total. The number of ketones is 2. The average molecular weight is 2430 g/mol. The molecule has 0 saturated heterocycles. The number of aldehydes is 1. The van der Waals surface area contributed by atoms with Gasteiger partial charge in [0.1, 0.15) is 69.8 Å². The molecular weight excluding hydrogens is 2300 g/mol. The number of halogens is 8. The molecule has 8 heterocycles. The van der Waals surface area contributed by atoms with Gasteiger partial charge < -0.3 is 39.6 Å². The Morgan fingerprint density at radius 1 is 0.532 bits per heavy atom. The standard InChI is InChI=1S/C28H38BrN5O3Si.C21H26BrClN4O2Si.C21H24BrClN4O2Si.C15H17BrN2O.C7H15NO.C4H2ClIN2.C2H6.Mn.2O/c1-18-10-22(12-20(18)16-35)32-27-23(14-30-17-31-27)26(36)24-13-25(28(2,3)37-38(4,5)6)34(33-24)15-19-8-7-9-21(29)11-19;2*1-21(2,29-30(3,4)5)18-10-17(19(28)16-11-24-13-25-20(16)23)26-27(18)12-14-7-6-8-15(22)9-14;1-15(2,3)14-8-13(10-19)17-18(14)9-11-5-4-6-12(16)7-11;1-5-2-7(8)3-6(5)4-9;5-4-3(6)1-7-2-8-4;1-2;;;/h7-9,11,13-14,17-18,20,22,35H,10,12,15-16H2,1-6H3,(H,30,31,32);6-11,13,19,28H,12H2,1-5H3;6-11,13H,12H2,1-5H3;4-8,10H,9H2,1-3H3;5-7,9H,2-4,8H2,1H3;1-2H;1-2H3;;;/t18-,20+,22-;;;;5-,6+,7-;;;;;/m0...0...../s1/i;;;;;;1D;;;. The molecular formula is C98H128Br4Cl3IMnN18O11Si3. The van der Waals surface area contributed by atoms with E-state index in [1.54, 1.807) is 25.4 Å². The predicted octanol–water partition coefficient (Wildman–Crippen LogP) is 23.1. The fraction of sp³-hybridized carbons (Fsp3) is 0.439. The minimum atomic E-state index is -1.91. The summed E-state index contributed by atoms with van der Waals surface area (Å²) in [7, 11) is -5.61. The summed E-state index contributed by atoms with van der Waals surface area (Å²) in [5, 5.41) is 52.2. The number of carbonyl (C=O) groups excluding carboxylic acids is 3. The third-order valence-corrected chi connectivity index (χ3v) is 29.0. The summed E-state index contributed by atoms with van der Waals surface area (Å²) < 4.78 is 54.9. The second kappa shape index (κ2) is 54.2. The van der Waals surface area contributed by atoms with E-state index in [2.05, 4.69) is 260 Å². The maximum atomic E-state index is 13.8. The van der Waals surface area contributed by atoms with Gasteiger partial charge in [-0.05, 0) is 267 Å². The quantitative estimate of drug-likeness (QED) is 0.00999. The van der Waals surface area contributed by atoms with Crippen molar-refractivity contribution in [3.05, 3.63) is 293 Å². The first-order valence-electron chi connectivity index (χ1n) is 45.6. The fourth-order valence-electron chi connectivity index (χ4n) is 16.2. The Kier molecular flexibility index (Phi) is 45.6. The molecule has 0 bridgehead atoms. The zero-order chi connectivity index (χ0) is 104. The third kappa shape index (κ3) is 37.5. The first-order chi connectivity index (χ1) is 65.5. The van der Waals surface area contributed by atoms with E-state index in [0.29, 0.717) is 103 Å². The number of nitrogens with zero attached hydrogens (tertiary/aromatic N) is 16. The predicted molar refractivity (Wildman–Crippen MR) is 571 cm³/mol. The van der Waals surface area contributed by atoms with E-state index in [-0.39, 0.29) is 57.1 Å². The molecule has 12 aromatic rings. The van der Waals surface area contributed by atoms with Crippen LogP contribution in [0.5, 0.6) is 0 Å². The maximum absolute atomic E-state index is 13.8. The molecule has 751 valence electrons. The second-order valence-electron chi connectivity index (χ2n) is 38.9. The van der Waals surface area contributed by atoms with Gasteiger partial charge in [-0.15, -0.1) is 0 Å². The molecule has 41 heteroatoms. The van der Waals surface area contributed by atoms with Crippen LogP contribution in [-0.2, 0) is 84.2 Å². The Morgan fingerprint density at radius 2 is 0.899 bits per heavy atom. The summed E-state index contributed by atoms with van der Waals surface area (Å²) in [5.41, 5.74) is 14.3. The first kappa shape index (κ1) is 117. The van der Waals surface area contributed by atoms with Crippen LogP contribution in [0.4, 0.5) is 5.82 Å². The molecule has 0 radical (unpaired) electrons. The first-order valence-corrected chi connectivity index (χ1v) is 61.5. The van der Waals surface area contributed by atoms with Gasteiger partial charge in [0.2, 0.25) is 11.6 Å². The zero-order valence-corrected chi connectivity index (χ0v) is 97.3. The summed E-state index contributed by atoms with van der Waals surface area (Å²) >= 11 is 32.5. The molecule has 14 rings (SSSR count). The van der Waals surface area contributed by atoms with Gasteiger partial charge in [0, 0.05) is 86.0 Å². The van der Waals surface area contributed by atoms with Gasteiger partial charge in [-0.3, -0.25) is 33.1 Å². The second-order valence-corrected chi connectivity index (χ2v) is 58.3. The van der Waals surface area contributed by atoms with Gasteiger partial charge in [-0.2, -0.15) is 20.4 Å². The fourth-order valence-corrected chi connectivity index (χ4v) is 23.7. The molecule has 0 spiro atoms. The van der Waals surface area contributed by atoms with E-state index in [1.807, 2.05) is 151 Å². The minimum absolute atomic E-state index is 0.0414. The van der Waals surface area contributed by atoms with E-state index in [0.717, 1.165) is 98.5 Å². The van der Waals surface area contributed by atoms with Crippen LogP contribution in [0, 0.1) is 27.2 Å². The number of aromatic nitrogens is 16. The number of carbonyl (C=O) groups is 3. The number of benzene rings is 4. The number of aliphatic hydroxyl groups excluding tert-OH is 3. The van der Waals surface area contributed by atoms with E-state index in [4.69, 9.17) is 78.2 Å². The van der Waals surface area contributed by atoms with Crippen LogP contribution >= 0.6 is 121 Å². The van der Waals surface area contributed by atoms with Crippen LogP contribution in [0.25, 0.3) is 0 Å². The Hall–Kier alpha value is -7.14. The number of hydrogen-bond acceptors (Lipinski definition) is 25. The number of nitrogens with one attached hydrogen (secondary N) is 1. The molecule has 2 fully saturated rings. The SMILES string of the molecule is CC(C)(C)c1cc(C=O)nn1Cc1cccc(Br)c1.CC(C)(O[Si](C)(C)C)c1cc(C(=O)c2cncnc2Cl)nn1Cc1cccc(Br)c1.CC(C)(O[Si](C)(C)C)c1cc(C(O)c2cncnc2Cl)nn1Cc1cccc(Br)c1.C[C@H]1C[C@H](N)C[C@@H]1CO.C[C@H]1C[C@H](Nc2ncncc2C(=O)c2cc(C(C)(C)O[Si](C)(C)C)n(Cc3cccc(Br)c3)n2)C[C@@H]1CO.Clc1ncncc1I.[2H]CC.[O]=[Mn]=[O]. The number of aliphatic hydroxyl groups is 3. The van der Waals surface area contributed by atoms with Crippen molar-refractivity contribution in [3.63, 3.8) is 0 Å². The van der Waals surface area contributed by atoms with Crippen molar-refractivity contribution in [1.29, 1.82) is 0 Å². The molecule has 8 aromatic heterocycles. The van der Waals surface area contributed by atoms with Gasteiger partial charge in [0.15, 0.2) is 31.2 Å². The summed E-state index contributed by atoms with van der Waals surface area (Å²) in [6, 6.07) is 40.1. The van der Waals surface area contributed by atoms with Crippen LogP contribution in [0.3, 0.4) is 0 Å². The van der Waals surface area contributed by atoms with Gasteiger partial charge in [-0.1, -0.05) is 195 Å². The molecule has 29 nitrogen and oxygen atoms in total. The van der Waals surface area contributed by atoms with E-state index >= 15 is 0 Å². The van der Waals surface area contributed by atoms with Crippen molar-refractivity contribution in [2.45, 2.75) is 241 Å². The molecule has 4 aromatic carbocycles. The molecule has 0 aliphatic heterocycles. The summed E-state index contributed by atoms with van der Waals surface area (Å²) in [6.45, 7) is 47.1. The van der Waals surface area contributed by atoms with Crippen molar-refractivity contribution >= 4 is 170 Å². The Balaban J connectivity index is 0.000000239. The van der Waals surface area contributed by atoms with Crippen LogP contribution in [0.1, 0.15) is 222 Å². The van der Waals surface area contributed by atoms with Crippen LogP contribution in [-0.4, -0.2) is 162 Å². The number of anilines is 1. The average Bonchev–Trinajstić information content (AvgIpc) is 1.63. The van der Waals surface area contributed by atoms with Crippen molar-refractivity contribution in [3.8, 4) is 0 Å². The van der Waals surface area contributed by atoms with Crippen LogP contribution < -0.4 is 11.1 Å². The number of nitrogens with two attached hydrogens (primary N) is 1. The summed E-state index contributed by atoms with van der Waals surface area (Å²) in [6.07, 6.45) is 15.3. The van der Waals surface area contributed by atoms with E-state index in [9.17, 15) is 24.6 Å². The molecule has 1 unspecified atom stereocenters. The molecule has 2 aliphatic carbocycles. The van der Waals surface area contributed by atoms with Gasteiger partial charge in [0.05, 0.1) is 80.5 Å². The summed E-state index contributed by atoms with van der Waals surface area (Å²) in [5.74, 6) is 1.70. The topological polar surface area (TPSA) is 386 Å². The molecule has 0 amide bonds. The molecule has 2 saturated carbocycles. The monoisotopic (exact) mass is 2420 g/mol. The van der Waals surface area contributed by atoms with Crippen molar-refractivity contribution in [2.75, 3.05) is 18.5 Å². The van der Waals surface area contributed by atoms with Crippen molar-refractivity contribution in [2.24, 2.45) is 29.4 Å². The molecule has 139 heavy (non-hydrogen) atoms. The number of rotatable bonds is 28. The number of hydrogen-bond donors (Lipinski definition) is 5. The Bertz CT molecular complexity index is 6080. The van der Waals surface area contributed by atoms with E-state index < -0.39 is 62.7 Å². The van der Waals surface area contributed by atoms with Gasteiger partial charge in [-0.25, -0.2) is 39.9 Å². The van der Waals surface area contributed by atoms with Crippen LogP contribution in [0.2, 0.25) is 74.4 Å². The Labute approximate surface area is 889 Å². The summed E-state index contributed by atoms with van der Waals surface area (Å²) in [4.78, 5) is 69.6. The van der Waals surface area contributed by atoms with Crippen molar-refractivity contribution < 1.29 is 66.8 Å². The zero-order valence-electron chi connectivity index (χ0n) is 83.3. The molecule has 2 aliphatic rings. The molecule has 7 atom stereocenters. The van der Waals surface area contributed by atoms with Crippen molar-refractivity contribution in [1.82, 2.24) is 79.0 Å². The van der Waals surface area contributed by atoms with Crippen LogP contribution in [0.15, 0.2) is 189 Å². The Morgan fingerprint density at radius 3 is 1.25 bits per heavy atom. The normalized spacial score (nSPS) is 16.2. The van der Waals surface area contributed by atoms with Gasteiger partial charge >= 0.3 is 22.5 Å². The third-order valence-electron chi connectivity index (χ3n) is 21.6. The van der Waals surface area contributed by atoms with E-state index in [1.165, 1.54) is 37.7 Å².